The van der Waals surface area contributed by atoms with E-state index in [0.29, 0.717) is 11.1 Å². The van der Waals surface area contributed by atoms with Crippen molar-refractivity contribution in [3.63, 3.8) is 0 Å². The Morgan fingerprint density at radius 3 is 1.36 bits per heavy atom. The van der Waals surface area contributed by atoms with E-state index in [4.69, 9.17) is 0 Å². The maximum atomic E-state index is 11.2. The van der Waals surface area contributed by atoms with Crippen molar-refractivity contribution < 1.29 is 9.85 Å². The Morgan fingerprint density at radius 1 is 0.611 bits per heavy atom. The van der Waals surface area contributed by atoms with Crippen LogP contribution in [0, 0.1) is 34.1 Å². The Morgan fingerprint density at radius 2 is 1.00 bits per heavy atom. The molecule has 36 heavy (non-hydrogen) atoms. The molecule has 8 nitrogen and oxygen atoms in total. The van der Waals surface area contributed by atoms with E-state index in [2.05, 4.69) is 9.98 Å². The number of hydrogen-bond donors (Lipinski definition) is 0. The van der Waals surface area contributed by atoms with E-state index >= 15 is 0 Å². The lowest BCUT2D eigenvalue weighted by Gasteiger charge is -2.08. The molecule has 0 radical (unpaired) electrons. The number of benzene rings is 4. The van der Waals surface area contributed by atoms with Crippen molar-refractivity contribution in [2.45, 2.75) is 13.8 Å². The van der Waals surface area contributed by atoms with Gasteiger partial charge >= 0.3 is 0 Å². The van der Waals surface area contributed by atoms with E-state index < -0.39 is 9.85 Å². The molecular weight excluding hydrogens is 456 g/mol. The fourth-order valence-electron chi connectivity index (χ4n) is 3.76. The van der Waals surface area contributed by atoms with Crippen LogP contribution in [0.15, 0.2) is 94.9 Å². The zero-order valence-electron chi connectivity index (χ0n) is 19.7. The molecule has 0 saturated carbocycles. The molecule has 0 N–H and O–H groups in total. The third kappa shape index (κ3) is 5.39. The van der Waals surface area contributed by atoms with Gasteiger partial charge in [0.15, 0.2) is 0 Å². The van der Waals surface area contributed by atoms with Crippen LogP contribution in [0.4, 0.5) is 22.7 Å². The molecule has 0 aromatic heterocycles. The smallest absolute Gasteiger partial charge is 0.258 e. The molecule has 0 aliphatic heterocycles. The highest BCUT2D eigenvalue weighted by Crippen LogP contribution is 2.30. The lowest BCUT2D eigenvalue weighted by Crippen LogP contribution is -1.93. The van der Waals surface area contributed by atoms with E-state index in [0.717, 1.165) is 33.6 Å². The molecule has 4 aromatic carbocycles. The van der Waals surface area contributed by atoms with E-state index in [-0.39, 0.29) is 11.4 Å². The van der Waals surface area contributed by atoms with Crippen molar-refractivity contribution >= 4 is 35.2 Å². The average molecular weight is 479 g/mol. The summed E-state index contributed by atoms with van der Waals surface area (Å²) in [6.07, 6.45) is 3.02. The Labute approximate surface area is 207 Å². The lowest BCUT2D eigenvalue weighted by atomic mass is 10.00. The van der Waals surface area contributed by atoms with Crippen molar-refractivity contribution in [1.82, 2.24) is 0 Å². The van der Waals surface area contributed by atoms with Crippen LogP contribution in [0.5, 0.6) is 0 Å². The second-order valence-electron chi connectivity index (χ2n) is 8.15. The number of rotatable bonds is 7. The largest absolute Gasteiger partial charge is 0.278 e. The third-order valence-corrected chi connectivity index (χ3v) is 5.68. The molecule has 0 aliphatic carbocycles. The van der Waals surface area contributed by atoms with Crippen LogP contribution in [0.25, 0.3) is 11.1 Å². The van der Waals surface area contributed by atoms with Crippen LogP contribution >= 0.6 is 0 Å². The van der Waals surface area contributed by atoms with E-state index in [1.54, 1.807) is 36.4 Å². The molecule has 0 fully saturated rings. The fourth-order valence-corrected chi connectivity index (χ4v) is 3.76. The predicted molar refractivity (Wildman–Crippen MR) is 142 cm³/mol. The highest BCUT2D eigenvalue weighted by Gasteiger charge is 2.12. The van der Waals surface area contributed by atoms with E-state index in [1.807, 2.05) is 50.2 Å². The van der Waals surface area contributed by atoms with Crippen molar-refractivity contribution in [3.8, 4) is 11.1 Å². The predicted octanol–water partition coefficient (Wildman–Crippen LogP) is 7.29. The highest BCUT2D eigenvalue weighted by atomic mass is 16.6. The van der Waals surface area contributed by atoms with E-state index in [9.17, 15) is 20.2 Å². The highest BCUT2D eigenvalue weighted by molar-refractivity contribution is 5.88. The number of hydrogen-bond acceptors (Lipinski definition) is 6. The fraction of sp³-hybridized carbons (Fsp3) is 0.0714. The lowest BCUT2D eigenvalue weighted by molar-refractivity contribution is -0.385. The van der Waals surface area contributed by atoms with Gasteiger partial charge in [-0.2, -0.15) is 0 Å². The average Bonchev–Trinajstić information content (AvgIpc) is 2.87. The molecule has 178 valence electrons. The summed E-state index contributed by atoms with van der Waals surface area (Å²) in [5, 5.41) is 22.4. The van der Waals surface area contributed by atoms with Crippen LogP contribution < -0.4 is 0 Å². The first-order valence-electron chi connectivity index (χ1n) is 11.1. The topological polar surface area (TPSA) is 111 Å². The summed E-state index contributed by atoms with van der Waals surface area (Å²) in [5.74, 6) is 0. The van der Waals surface area contributed by atoms with Crippen molar-refractivity contribution in [3.05, 3.63) is 127 Å². The maximum absolute atomic E-state index is 11.2. The SMILES string of the molecule is Cc1cc(-c2ccc(N=Cc3ccccc3[N+](=O)[O-])c(C)c2)ccc1N=Cc1ccccc1[N+](=O)[O-]. The van der Waals surface area contributed by atoms with Gasteiger partial charge in [0, 0.05) is 24.6 Å². The molecule has 4 rings (SSSR count). The van der Waals surface area contributed by atoms with Crippen molar-refractivity contribution in [1.29, 1.82) is 0 Å². The van der Waals surface area contributed by atoms with E-state index in [1.165, 1.54) is 24.6 Å². The molecule has 0 atom stereocenters. The minimum atomic E-state index is -0.422. The molecular formula is C28H22N4O4. The molecule has 0 heterocycles. The molecule has 8 heteroatoms. The normalized spacial score (nSPS) is 11.3. The molecule has 0 saturated heterocycles. The van der Waals surface area contributed by atoms with Gasteiger partial charge in [0.1, 0.15) is 0 Å². The molecule has 0 unspecified atom stereocenters. The van der Waals surface area contributed by atoms with Gasteiger partial charge in [-0.05, 0) is 72.5 Å². The Balaban J connectivity index is 1.56. The van der Waals surface area contributed by atoms with Crippen LogP contribution in [0.3, 0.4) is 0 Å². The number of aryl methyl sites for hydroxylation is 2. The monoisotopic (exact) mass is 478 g/mol. The van der Waals surface area contributed by atoms with Crippen LogP contribution in [-0.2, 0) is 0 Å². The number of aliphatic imine (C=N–C) groups is 2. The van der Waals surface area contributed by atoms with Crippen LogP contribution in [0.1, 0.15) is 22.3 Å². The third-order valence-electron chi connectivity index (χ3n) is 5.68. The summed E-state index contributed by atoms with van der Waals surface area (Å²) in [6.45, 7) is 3.88. The second-order valence-corrected chi connectivity index (χ2v) is 8.15. The maximum Gasteiger partial charge on any atom is 0.278 e. The zero-order chi connectivity index (χ0) is 25.7. The quantitative estimate of drug-likeness (QED) is 0.158. The van der Waals surface area contributed by atoms with Gasteiger partial charge in [0.25, 0.3) is 11.4 Å². The minimum Gasteiger partial charge on any atom is -0.258 e. The van der Waals surface area contributed by atoms with Gasteiger partial charge in [-0.15, -0.1) is 0 Å². The van der Waals surface area contributed by atoms with Crippen molar-refractivity contribution in [2.75, 3.05) is 0 Å². The van der Waals surface area contributed by atoms with Gasteiger partial charge in [0.2, 0.25) is 0 Å². The van der Waals surface area contributed by atoms with Crippen LogP contribution in [0.2, 0.25) is 0 Å². The zero-order valence-corrected chi connectivity index (χ0v) is 19.7. The number of para-hydroxylation sites is 2. The molecule has 0 amide bonds. The standard InChI is InChI=1S/C28H22N4O4/c1-19-15-21(11-13-25(19)29-17-23-7-3-5-9-27(23)31(33)34)22-12-14-26(20(2)16-22)30-18-24-8-4-6-10-28(24)32(35)36/h3-18H,1-2H3. The number of nitrogens with zero attached hydrogens (tertiary/aromatic N) is 4. The summed E-state index contributed by atoms with van der Waals surface area (Å²) in [6, 6.07) is 24.6. The first-order chi connectivity index (χ1) is 17.3. The second kappa shape index (κ2) is 10.5. The molecule has 4 aromatic rings. The summed E-state index contributed by atoms with van der Waals surface area (Å²) < 4.78 is 0. The Hall–Kier alpha value is -4.98. The first-order valence-corrected chi connectivity index (χ1v) is 11.1. The number of nitro groups is 2. The molecule has 0 aliphatic rings. The summed E-state index contributed by atoms with van der Waals surface area (Å²) >= 11 is 0. The molecule has 0 bridgehead atoms. The summed E-state index contributed by atoms with van der Waals surface area (Å²) in [4.78, 5) is 30.5. The van der Waals surface area contributed by atoms with Gasteiger partial charge < -0.3 is 0 Å². The van der Waals surface area contributed by atoms with Crippen molar-refractivity contribution in [2.24, 2.45) is 9.98 Å². The van der Waals surface area contributed by atoms with Gasteiger partial charge in [-0.3, -0.25) is 30.2 Å². The summed E-state index contributed by atoms with van der Waals surface area (Å²) in [5.41, 5.74) is 6.20. The molecule has 0 spiro atoms. The minimum absolute atomic E-state index is 0.00983. The Kier molecular flexibility index (Phi) is 7.06. The Bertz CT molecular complexity index is 1410. The van der Waals surface area contributed by atoms with Gasteiger partial charge in [-0.1, -0.05) is 36.4 Å². The van der Waals surface area contributed by atoms with Gasteiger partial charge in [0.05, 0.1) is 32.3 Å². The first kappa shape index (κ1) is 24.2. The van der Waals surface area contributed by atoms with Gasteiger partial charge in [-0.25, -0.2) is 0 Å². The number of nitro benzene ring substituents is 2. The van der Waals surface area contributed by atoms with Crippen LogP contribution in [-0.4, -0.2) is 22.3 Å². The summed E-state index contributed by atoms with van der Waals surface area (Å²) in [7, 11) is 0.